The van der Waals surface area contributed by atoms with Gasteiger partial charge in [-0.3, -0.25) is 0 Å². The highest BCUT2D eigenvalue weighted by atomic mass is 16.6. The summed E-state index contributed by atoms with van der Waals surface area (Å²) in [5.41, 5.74) is 0.988. The molecule has 0 aromatic rings. The molecule has 0 aromatic heterocycles. The number of epoxide rings is 1. The van der Waals surface area contributed by atoms with Gasteiger partial charge in [0.15, 0.2) is 0 Å². The fourth-order valence-corrected chi connectivity index (χ4v) is 0.648. The third-order valence-electron chi connectivity index (χ3n) is 1.41. The highest BCUT2D eigenvalue weighted by molar-refractivity contribution is 5.19. The number of hydrogen-bond acceptors (Lipinski definition) is 2. The molecule has 1 fully saturated rings. The van der Waals surface area contributed by atoms with E-state index in [1.165, 1.54) is 0 Å². The first-order valence-electron chi connectivity index (χ1n) is 3.95. The Bertz CT molecular complexity index is 212. The van der Waals surface area contributed by atoms with Crippen molar-refractivity contribution in [3.63, 3.8) is 0 Å². The quantitative estimate of drug-likeness (QED) is 0.354. The Morgan fingerprint density at radius 2 is 2.25 bits per heavy atom. The van der Waals surface area contributed by atoms with Crippen LogP contribution in [0.15, 0.2) is 36.6 Å². The van der Waals surface area contributed by atoms with E-state index in [9.17, 15) is 0 Å². The molecule has 1 heterocycles. The molecule has 1 aliphatic rings. The van der Waals surface area contributed by atoms with Gasteiger partial charge in [-0.05, 0) is 13.0 Å². The van der Waals surface area contributed by atoms with Gasteiger partial charge in [0.05, 0.1) is 6.61 Å². The van der Waals surface area contributed by atoms with Gasteiger partial charge in [0.25, 0.3) is 0 Å². The molecule has 1 saturated heterocycles. The Morgan fingerprint density at radius 3 is 2.75 bits per heavy atom. The van der Waals surface area contributed by atoms with Crippen molar-refractivity contribution in [2.24, 2.45) is 0 Å². The first-order valence-corrected chi connectivity index (χ1v) is 3.95. The van der Waals surface area contributed by atoms with Crippen molar-refractivity contribution in [3.05, 3.63) is 36.6 Å². The van der Waals surface area contributed by atoms with E-state index in [4.69, 9.17) is 9.47 Å². The molecule has 1 aliphatic heterocycles. The highest BCUT2D eigenvalue weighted by Crippen LogP contribution is 2.11. The van der Waals surface area contributed by atoms with Gasteiger partial charge >= 0.3 is 0 Å². The molecule has 0 amide bonds. The molecule has 2 heteroatoms. The number of rotatable bonds is 5. The lowest BCUT2D eigenvalue weighted by atomic mass is 10.3. The van der Waals surface area contributed by atoms with Crippen molar-refractivity contribution in [2.75, 3.05) is 13.2 Å². The van der Waals surface area contributed by atoms with Crippen molar-refractivity contribution in [1.29, 1.82) is 0 Å². The van der Waals surface area contributed by atoms with E-state index in [1.54, 1.807) is 0 Å². The van der Waals surface area contributed by atoms with Crippen LogP contribution >= 0.6 is 0 Å². The fourth-order valence-electron chi connectivity index (χ4n) is 0.648. The summed E-state index contributed by atoms with van der Waals surface area (Å²) in [6.45, 7) is 10.8. The largest absolute Gasteiger partial charge is 0.491 e. The lowest BCUT2D eigenvalue weighted by Gasteiger charge is -2.01. The van der Waals surface area contributed by atoms with Gasteiger partial charge in [-0.15, -0.1) is 0 Å². The van der Waals surface area contributed by atoms with Crippen LogP contribution in [-0.2, 0) is 9.47 Å². The van der Waals surface area contributed by atoms with E-state index in [1.807, 2.05) is 19.1 Å². The SMILES string of the molecule is C=C(C)/C=C\C(=C)OCC1CO1. The number of allylic oxidation sites excluding steroid dienone is 3. The summed E-state index contributed by atoms with van der Waals surface area (Å²) in [5.74, 6) is 0.661. The van der Waals surface area contributed by atoms with Crippen LogP contribution in [0.25, 0.3) is 0 Å². The summed E-state index contributed by atoms with van der Waals surface area (Å²) in [7, 11) is 0. The van der Waals surface area contributed by atoms with E-state index in [-0.39, 0.29) is 0 Å². The van der Waals surface area contributed by atoms with E-state index in [0.29, 0.717) is 18.5 Å². The molecule has 1 unspecified atom stereocenters. The lowest BCUT2D eigenvalue weighted by molar-refractivity contribution is 0.194. The first kappa shape index (κ1) is 9.07. The average Bonchev–Trinajstić information content (AvgIpc) is 2.80. The van der Waals surface area contributed by atoms with Gasteiger partial charge in [0.1, 0.15) is 18.5 Å². The van der Waals surface area contributed by atoms with Crippen LogP contribution in [0, 0.1) is 0 Å². The van der Waals surface area contributed by atoms with Crippen molar-refractivity contribution < 1.29 is 9.47 Å². The third kappa shape index (κ3) is 3.98. The van der Waals surface area contributed by atoms with E-state index < -0.39 is 0 Å². The predicted octanol–water partition coefficient (Wildman–Crippen LogP) is 2.05. The summed E-state index contributed by atoms with van der Waals surface area (Å²) >= 11 is 0. The van der Waals surface area contributed by atoms with Crippen molar-refractivity contribution >= 4 is 0 Å². The minimum absolute atomic E-state index is 0.292. The van der Waals surface area contributed by atoms with Crippen LogP contribution < -0.4 is 0 Å². The average molecular weight is 166 g/mol. The molecule has 1 rings (SSSR count). The molecule has 12 heavy (non-hydrogen) atoms. The zero-order valence-electron chi connectivity index (χ0n) is 7.38. The maximum Gasteiger partial charge on any atom is 0.117 e. The molecule has 66 valence electrons. The standard InChI is InChI=1S/C10H14O2/c1-8(2)4-5-9(3)11-6-10-7-12-10/h4-5,10H,1,3,6-7H2,2H3/b5-4-. The molecule has 0 saturated carbocycles. The van der Waals surface area contributed by atoms with Crippen molar-refractivity contribution in [1.82, 2.24) is 0 Å². The normalized spacial score (nSPS) is 20.9. The monoisotopic (exact) mass is 166 g/mol. The van der Waals surface area contributed by atoms with Gasteiger partial charge in [0, 0.05) is 0 Å². The van der Waals surface area contributed by atoms with Gasteiger partial charge in [-0.1, -0.05) is 24.8 Å². The summed E-state index contributed by atoms with van der Waals surface area (Å²) in [6, 6.07) is 0. The zero-order chi connectivity index (χ0) is 8.97. The summed E-state index contributed by atoms with van der Waals surface area (Å²) in [6.07, 6.45) is 3.97. The second-order valence-corrected chi connectivity index (χ2v) is 2.91. The Morgan fingerprint density at radius 1 is 1.58 bits per heavy atom. The second-order valence-electron chi connectivity index (χ2n) is 2.91. The molecule has 0 aliphatic carbocycles. The Hall–Kier alpha value is -1.02. The number of hydrogen-bond donors (Lipinski definition) is 0. The van der Waals surface area contributed by atoms with Crippen molar-refractivity contribution in [3.8, 4) is 0 Å². The van der Waals surface area contributed by atoms with Crippen LogP contribution in [0.5, 0.6) is 0 Å². The summed E-state index contributed by atoms with van der Waals surface area (Å²) < 4.78 is 10.2. The summed E-state index contributed by atoms with van der Waals surface area (Å²) in [4.78, 5) is 0. The molecule has 0 N–H and O–H groups in total. The van der Waals surface area contributed by atoms with Crippen LogP contribution in [0.4, 0.5) is 0 Å². The smallest absolute Gasteiger partial charge is 0.117 e. The molecule has 2 nitrogen and oxygen atoms in total. The van der Waals surface area contributed by atoms with Gasteiger partial charge < -0.3 is 9.47 Å². The van der Waals surface area contributed by atoms with Crippen LogP contribution in [-0.4, -0.2) is 19.3 Å². The van der Waals surface area contributed by atoms with Crippen LogP contribution in [0.2, 0.25) is 0 Å². The molecule has 0 bridgehead atoms. The van der Waals surface area contributed by atoms with Gasteiger partial charge in [0.2, 0.25) is 0 Å². The lowest BCUT2D eigenvalue weighted by Crippen LogP contribution is -1.98. The predicted molar refractivity (Wildman–Crippen MR) is 48.8 cm³/mol. The Labute approximate surface area is 73.2 Å². The summed E-state index contributed by atoms with van der Waals surface area (Å²) in [5, 5.41) is 0. The van der Waals surface area contributed by atoms with Gasteiger partial charge in [-0.25, -0.2) is 0 Å². The Kier molecular flexibility index (Phi) is 3.11. The first-order chi connectivity index (χ1) is 5.68. The van der Waals surface area contributed by atoms with E-state index in [2.05, 4.69) is 13.2 Å². The third-order valence-corrected chi connectivity index (χ3v) is 1.41. The molecular formula is C10H14O2. The second kappa shape index (κ2) is 4.12. The minimum atomic E-state index is 0.292. The molecular weight excluding hydrogens is 152 g/mol. The fraction of sp³-hybridized carbons (Fsp3) is 0.400. The Balaban J connectivity index is 2.13. The molecule has 0 radical (unpaired) electrons. The topological polar surface area (TPSA) is 21.8 Å². The maximum absolute atomic E-state index is 5.27. The maximum atomic E-state index is 5.27. The minimum Gasteiger partial charge on any atom is -0.491 e. The van der Waals surface area contributed by atoms with Crippen LogP contribution in [0.1, 0.15) is 6.92 Å². The van der Waals surface area contributed by atoms with Gasteiger partial charge in [-0.2, -0.15) is 0 Å². The molecule has 0 spiro atoms. The zero-order valence-corrected chi connectivity index (χ0v) is 7.38. The van der Waals surface area contributed by atoms with Crippen molar-refractivity contribution in [2.45, 2.75) is 13.0 Å². The van der Waals surface area contributed by atoms with E-state index in [0.717, 1.165) is 12.2 Å². The number of ether oxygens (including phenoxy) is 2. The van der Waals surface area contributed by atoms with E-state index >= 15 is 0 Å². The highest BCUT2D eigenvalue weighted by Gasteiger charge is 2.22. The van der Waals surface area contributed by atoms with Crippen LogP contribution in [0.3, 0.4) is 0 Å². The molecule has 0 aromatic carbocycles. The molecule has 1 atom stereocenters.